The average Bonchev–Trinajstić information content (AvgIpc) is 2.94. The van der Waals surface area contributed by atoms with Gasteiger partial charge in [-0.2, -0.15) is 4.98 Å². The van der Waals surface area contributed by atoms with Crippen LogP contribution in [0.5, 0.6) is 0 Å². The molecule has 4 aromatic rings. The second-order valence-electron chi connectivity index (χ2n) is 8.80. The zero-order valence-corrected chi connectivity index (χ0v) is 20.7. The molecule has 0 saturated carbocycles. The van der Waals surface area contributed by atoms with Gasteiger partial charge >= 0.3 is 0 Å². The number of fused-ring (bicyclic) bond motifs is 1. The Labute approximate surface area is 219 Å². The summed E-state index contributed by atoms with van der Waals surface area (Å²) in [6, 6.07) is 12.5. The lowest BCUT2D eigenvalue weighted by molar-refractivity contribution is -0.111. The number of anilines is 4. The number of aromatic nitrogens is 4. The van der Waals surface area contributed by atoms with Crippen molar-refractivity contribution in [3.05, 3.63) is 83.9 Å². The molecule has 0 atom stereocenters. The fourth-order valence-corrected chi connectivity index (χ4v) is 4.36. The standard InChI is InChI=1S/C27H28N8O3/c1-2-25(38)30-19-4-3-5-20(16-19)35-9-8-23(37)22-18-29-27(32-26(22)35)31-24-7-6-21(17-28-24)34-12-10-33(11-13-34)14-15-36/h2-9,16-18,36H,1,10-15H2,(H,30,38)(H,28,29,31,32). The molecule has 1 aromatic carbocycles. The van der Waals surface area contributed by atoms with Crippen LogP contribution >= 0.6 is 0 Å². The summed E-state index contributed by atoms with van der Waals surface area (Å²) in [6.45, 7) is 7.90. The Bertz CT molecular complexity index is 1510. The van der Waals surface area contributed by atoms with Crippen LogP contribution < -0.4 is 21.0 Å². The van der Waals surface area contributed by atoms with Crippen molar-refractivity contribution in [1.82, 2.24) is 24.4 Å². The summed E-state index contributed by atoms with van der Waals surface area (Å²) in [5, 5.41) is 15.4. The van der Waals surface area contributed by atoms with E-state index < -0.39 is 0 Å². The maximum absolute atomic E-state index is 12.5. The highest BCUT2D eigenvalue weighted by molar-refractivity contribution is 5.99. The number of hydrogen-bond donors (Lipinski definition) is 3. The minimum Gasteiger partial charge on any atom is -0.395 e. The number of nitrogens with zero attached hydrogens (tertiary/aromatic N) is 6. The number of amides is 1. The van der Waals surface area contributed by atoms with Crippen LogP contribution in [-0.2, 0) is 4.79 Å². The molecule has 0 unspecified atom stereocenters. The predicted octanol–water partition coefficient (Wildman–Crippen LogP) is 2.16. The minimum absolute atomic E-state index is 0.176. The SMILES string of the molecule is C=CC(=O)Nc1cccc(-n2ccc(=O)c3cnc(Nc4ccc(N5CCN(CCO)CC5)cn4)nc32)c1. The summed E-state index contributed by atoms with van der Waals surface area (Å²) < 4.78 is 1.76. The van der Waals surface area contributed by atoms with Crippen molar-refractivity contribution in [1.29, 1.82) is 0 Å². The first-order valence-electron chi connectivity index (χ1n) is 12.3. The van der Waals surface area contributed by atoms with Gasteiger partial charge in [0.2, 0.25) is 11.9 Å². The zero-order valence-electron chi connectivity index (χ0n) is 20.7. The molecule has 3 aromatic heterocycles. The lowest BCUT2D eigenvalue weighted by Crippen LogP contribution is -2.47. The highest BCUT2D eigenvalue weighted by Gasteiger charge is 2.17. The third-order valence-electron chi connectivity index (χ3n) is 6.36. The van der Waals surface area contributed by atoms with Gasteiger partial charge in [0.15, 0.2) is 11.1 Å². The number of piperazine rings is 1. The molecule has 194 valence electrons. The van der Waals surface area contributed by atoms with Gasteiger partial charge in [-0.15, -0.1) is 0 Å². The summed E-state index contributed by atoms with van der Waals surface area (Å²) in [4.78, 5) is 42.2. The zero-order chi connectivity index (χ0) is 26.5. The second-order valence-corrected chi connectivity index (χ2v) is 8.80. The van der Waals surface area contributed by atoms with Crippen molar-refractivity contribution in [2.24, 2.45) is 0 Å². The maximum atomic E-state index is 12.5. The Kier molecular flexibility index (Phi) is 7.38. The summed E-state index contributed by atoms with van der Waals surface area (Å²) in [7, 11) is 0. The van der Waals surface area contributed by atoms with E-state index in [9.17, 15) is 9.59 Å². The Hall–Kier alpha value is -4.61. The largest absolute Gasteiger partial charge is 0.395 e. The number of rotatable bonds is 8. The van der Waals surface area contributed by atoms with E-state index in [0.717, 1.165) is 31.9 Å². The molecule has 11 heteroatoms. The highest BCUT2D eigenvalue weighted by Crippen LogP contribution is 2.21. The minimum atomic E-state index is -0.316. The van der Waals surface area contributed by atoms with Gasteiger partial charge in [0.05, 0.1) is 23.9 Å². The third kappa shape index (κ3) is 5.53. The monoisotopic (exact) mass is 512 g/mol. The lowest BCUT2D eigenvalue weighted by atomic mass is 10.2. The van der Waals surface area contributed by atoms with Gasteiger partial charge in [0.25, 0.3) is 0 Å². The molecule has 38 heavy (non-hydrogen) atoms. The Morgan fingerprint density at radius 3 is 2.63 bits per heavy atom. The topological polar surface area (TPSA) is 129 Å². The fourth-order valence-electron chi connectivity index (χ4n) is 4.36. The Morgan fingerprint density at radius 1 is 1.05 bits per heavy atom. The van der Waals surface area contributed by atoms with Crippen LogP contribution in [0.25, 0.3) is 16.7 Å². The van der Waals surface area contributed by atoms with Crippen LogP contribution in [0.3, 0.4) is 0 Å². The smallest absolute Gasteiger partial charge is 0.247 e. The van der Waals surface area contributed by atoms with E-state index in [1.807, 2.05) is 24.4 Å². The molecule has 0 radical (unpaired) electrons. The van der Waals surface area contributed by atoms with Gasteiger partial charge in [0, 0.05) is 62.6 Å². The van der Waals surface area contributed by atoms with Crippen molar-refractivity contribution in [3.63, 3.8) is 0 Å². The predicted molar refractivity (Wildman–Crippen MR) is 147 cm³/mol. The van der Waals surface area contributed by atoms with E-state index >= 15 is 0 Å². The normalized spacial score (nSPS) is 13.9. The lowest BCUT2D eigenvalue weighted by Gasteiger charge is -2.35. The Balaban J connectivity index is 1.37. The van der Waals surface area contributed by atoms with Crippen LogP contribution in [0.1, 0.15) is 0 Å². The average molecular weight is 513 g/mol. The number of aliphatic hydroxyl groups is 1. The van der Waals surface area contributed by atoms with E-state index in [1.165, 1.54) is 18.3 Å². The molecule has 0 aliphatic carbocycles. The van der Waals surface area contributed by atoms with Crippen molar-refractivity contribution >= 4 is 40.1 Å². The van der Waals surface area contributed by atoms with Crippen LogP contribution in [0, 0.1) is 0 Å². The molecule has 1 saturated heterocycles. The molecule has 3 N–H and O–H groups in total. The first-order chi connectivity index (χ1) is 18.5. The maximum Gasteiger partial charge on any atom is 0.247 e. The van der Waals surface area contributed by atoms with Crippen molar-refractivity contribution in [2.75, 3.05) is 54.9 Å². The quantitative estimate of drug-likeness (QED) is 0.304. The van der Waals surface area contributed by atoms with Gasteiger partial charge in [0.1, 0.15) is 5.82 Å². The van der Waals surface area contributed by atoms with Crippen LogP contribution in [0.2, 0.25) is 0 Å². The summed E-state index contributed by atoms with van der Waals surface area (Å²) >= 11 is 0. The number of aliphatic hydroxyl groups excluding tert-OH is 1. The molecule has 4 heterocycles. The van der Waals surface area contributed by atoms with Crippen molar-refractivity contribution in [3.8, 4) is 5.69 Å². The van der Waals surface area contributed by atoms with Gasteiger partial charge in [-0.05, 0) is 36.4 Å². The van der Waals surface area contributed by atoms with Gasteiger partial charge in [-0.1, -0.05) is 12.6 Å². The molecule has 11 nitrogen and oxygen atoms in total. The fraction of sp³-hybridized carbons (Fsp3) is 0.222. The molecule has 5 rings (SSSR count). The highest BCUT2D eigenvalue weighted by atomic mass is 16.3. The summed E-state index contributed by atoms with van der Waals surface area (Å²) in [6.07, 6.45) is 6.15. The number of pyridine rings is 2. The summed E-state index contributed by atoms with van der Waals surface area (Å²) in [5.74, 6) is 0.556. The first kappa shape index (κ1) is 25.1. The van der Waals surface area contributed by atoms with Crippen molar-refractivity contribution < 1.29 is 9.90 Å². The molecule has 1 amide bonds. The van der Waals surface area contributed by atoms with Crippen molar-refractivity contribution in [2.45, 2.75) is 0 Å². The number of carbonyl (C=O) groups is 1. The number of hydrogen-bond acceptors (Lipinski definition) is 9. The molecule has 1 aliphatic heterocycles. The molecule has 0 spiro atoms. The van der Waals surface area contributed by atoms with Gasteiger partial charge in [-0.25, -0.2) is 9.97 Å². The van der Waals surface area contributed by atoms with E-state index in [4.69, 9.17) is 5.11 Å². The van der Waals surface area contributed by atoms with E-state index in [0.29, 0.717) is 40.7 Å². The van der Waals surface area contributed by atoms with Crippen LogP contribution in [0.15, 0.2) is 78.5 Å². The molecule has 1 fully saturated rings. The second kappa shape index (κ2) is 11.2. The van der Waals surface area contributed by atoms with Crippen LogP contribution in [0.4, 0.5) is 23.1 Å². The van der Waals surface area contributed by atoms with E-state index in [1.54, 1.807) is 29.0 Å². The summed E-state index contributed by atoms with van der Waals surface area (Å²) in [5.41, 5.74) is 2.55. The van der Waals surface area contributed by atoms with E-state index in [2.05, 4.69) is 42.0 Å². The number of β-amino-alcohol motifs (C(OH)–C–C–N with tert-alkyl or cyclic N) is 1. The number of nitrogens with one attached hydrogen (secondary N) is 2. The molecule has 0 bridgehead atoms. The van der Waals surface area contributed by atoms with E-state index in [-0.39, 0.29) is 17.9 Å². The first-order valence-corrected chi connectivity index (χ1v) is 12.3. The molecular formula is C27H28N8O3. The number of carbonyl (C=O) groups excluding carboxylic acids is 1. The molecule has 1 aliphatic rings. The van der Waals surface area contributed by atoms with Crippen LogP contribution in [-0.4, -0.2) is 74.8 Å². The third-order valence-corrected chi connectivity index (χ3v) is 6.36. The van der Waals surface area contributed by atoms with Gasteiger partial charge < -0.3 is 25.2 Å². The molecular weight excluding hydrogens is 484 g/mol. The Morgan fingerprint density at radius 2 is 1.89 bits per heavy atom. The van der Waals surface area contributed by atoms with Gasteiger partial charge in [-0.3, -0.25) is 14.5 Å². The number of benzene rings is 1.